The fraction of sp³-hybridized carbons (Fsp3) is 0.267. The Morgan fingerprint density at radius 2 is 2.00 bits per heavy atom. The zero-order valence-electron chi connectivity index (χ0n) is 11.6. The number of carbonyl (C=O) groups excluding carboxylic acids is 1. The van der Waals surface area contributed by atoms with Crippen LogP contribution in [-0.2, 0) is 0 Å². The molecule has 1 atom stereocenters. The summed E-state index contributed by atoms with van der Waals surface area (Å²) in [4.78, 5) is 24.0. The van der Waals surface area contributed by atoms with Gasteiger partial charge >= 0.3 is 5.88 Å². The van der Waals surface area contributed by atoms with E-state index in [-0.39, 0.29) is 23.5 Å². The summed E-state index contributed by atoms with van der Waals surface area (Å²) < 4.78 is 18.0. The van der Waals surface area contributed by atoms with E-state index in [0.717, 1.165) is 24.5 Å². The molecule has 114 valence electrons. The van der Waals surface area contributed by atoms with Crippen molar-refractivity contribution in [3.63, 3.8) is 0 Å². The molecule has 0 aliphatic carbocycles. The maximum atomic E-state index is 13.0. The second-order valence-corrected chi connectivity index (χ2v) is 5.10. The van der Waals surface area contributed by atoms with E-state index in [0.29, 0.717) is 6.54 Å². The van der Waals surface area contributed by atoms with E-state index in [1.165, 1.54) is 18.2 Å². The Hall–Kier alpha value is -2.70. The van der Waals surface area contributed by atoms with Crippen molar-refractivity contribution in [3.8, 4) is 0 Å². The third-order valence-electron chi connectivity index (χ3n) is 3.75. The highest BCUT2D eigenvalue weighted by Gasteiger charge is 2.32. The monoisotopic (exact) mass is 304 g/mol. The standard InChI is InChI=1S/C15H13FN2O4/c16-11-5-3-10(4-6-11)12-2-1-9-17(12)15(19)13-7-8-14(22-13)18(20)21/h3-8,12H,1-2,9H2/t12-/m0/s1. The molecule has 0 radical (unpaired) electrons. The third-order valence-corrected chi connectivity index (χ3v) is 3.75. The smallest absolute Gasteiger partial charge is 0.395 e. The zero-order chi connectivity index (χ0) is 15.7. The molecule has 0 saturated carbocycles. The number of hydrogen-bond donors (Lipinski definition) is 0. The molecule has 1 aromatic heterocycles. The minimum atomic E-state index is -0.682. The number of rotatable bonds is 3. The van der Waals surface area contributed by atoms with Crippen LogP contribution in [0.4, 0.5) is 10.3 Å². The van der Waals surface area contributed by atoms with Gasteiger partial charge in [0.15, 0.2) is 5.76 Å². The van der Waals surface area contributed by atoms with E-state index in [2.05, 4.69) is 0 Å². The number of carbonyl (C=O) groups is 1. The fourth-order valence-corrected chi connectivity index (χ4v) is 2.72. The lowest BCUT2D eigenvalue weighted by Gasteiger charge is -2.24. The lowest BCUT2D eigenvalue weighted by Crippen LogP contribution is -2.30. The topological polar surface area (TPSA) is 76.6 Å². The second-order valence-electron chi connectivity index (χ2n) is 5.10. The van der Waals surface area contributed by atoms with Gasteiger partial charge in [-0.15, -0.1) is 0 Å². The number of furan rings is 1. The summed E-state index contributed by atoms with van der Waals surface area (Å²) >= 11 is 0. The first-order valence-electron chi connectivity index (χ1n) is 6.87. The molecule has 1 aromatic carbocycles. The van der Waals surface area contributed by atoms with Crippen LogP contribution < -0.4 is 0 Å². The van der Waals surface area contributed by atoms with Crippen LogP contribution in [-0.4, -0.2) is 22.3 Å². The van der Waals surface area contributed by atoms with E-state index in [1.807, 2.05) is 0 Å². The number of nitrogens with zero attached hydrogens (tertiary/aromatic N) is 2. The Kier molecular flexibility index (Phi) is 3.62. The summed E-state index contributed by atoms with van der Waals surface area (Å²) in [5.41, 5.74) is 0.841. The number of benzene rings is 1. The highest BCUT2D eigenvalue weighted by Crippen LogP contribution is 2.33. The van der Waals surface area contributed by atoms with Crippen molar-refractivity contribution in [1.82, 2.24) is 4.90 Å². The predicted octanol–water partition coefficient (Wildman–Crippen LogP) is 3.30. The average Bonchev–Trinajstić information content (AvgIpc) is 3.17. The van der Waals surface area contributed by atoms with Gasteiger partial charge in [-0.3, -0.25) is 14.9 Å². The van der Waals surface area contributed by atoms with Crippen molar-refractivity contribution < 1.29 is 18.5 Å². The molecule has 1 aliphatic heterocycles. The lowest BCUT2D eigenvalue weighted by atomic mass is 10.0. The Morgan fingerprint density at radius 1 is 1.27 bits per heavy atom. The van der Waals surface area contributed by atoms with Crippen molar-refractivity contribution in [3.05, 3.63) is 63.7 Å². The minimum absolute atomic E-state index is 0.0549. The van der Waals surface area contributed by atoms with Gasteiger partial charge < -0.3 is 9.32 Å². The minimum Gasteiger partial charge on any atom is -0.395 e. The predicted molar refractivity (Wildman–Crippen MR) is 74.8 cm³/mol. The maximum Gasteiger partial charge on any atom is 0.433 e. The Balaban J connectivity index is 1.84. The van der Waals surface area contributed by atoms with Gasteiger partial charge in [-0.05, 0) is 36.6 Å². The van der Waals surface area contributed by atoms with Crippen LogP contribution in [0.25, 0.3) is 0 Å². The molecule has 2 aromatic rings. The van der Waals surface area contributed by atoms with E-state index >= 15 is 0 Å². The molecule has 0 spiro atoms. The highest BCUT2D eigenvalue weighted by molar-refractivity contribution is 5.92. The molecule has 3 rings (SSSR count). The first-order chi connectivity index (χ1) is 10.6. The third kappa shape index (κ3) is 2.57. The molecule has 6 nitrogen and oxygen atoms in total. The number of nitro groups is 1. The molecule has 1 saturated heterocycles. The summed E-state index contributed by atoms with van der Waals surface area (Å²) in [6, 6.07) is 8.31. The second kappa shape index (κ2) is 5.59. The first-order valence-corrected chi connectivity index (χ1v) is 6.87. The largest absolute Gasteiger partial charge is 0.433 e. The fourth-order valence-electron chi connectivity index (χ4n) is 2.72. The van der Waals surface area contributed by atoms with Crippen LogP contribution in [0.3, 0.4) is 0 Å². The Morgan fingerprint density at radius 3 is 2.64 bits per heavy atom. The van der Waals surface area contributed by atoms with Gasteiger partial charge in [0.2, 0.25) is 0 Å². The van der Waals surface area contributed by atoms with E-state index in [1.54, 1.807) is 17.0 Å². The molecule has 1 fully saturated rings. The Labute approximate surface area is 125 Å². The van der Waals surface area contributed by atoms with Gasteiger partial charge in [-0.2, -0.15) is 0 Å². The summed E-state index contributed by atoms with van der Waals surface area (Å²) in [5, 5.41) is 10.6. The maximum absolute atomic E-state index is 13.0. The van der Waals surface area contributed by atoms with Gasteiger partial charge in [-0.1, -0.05) is 12.1 Å². The van der Waals surface area contributed by atoms with Gasteiger partial charge in [0.1, 0.15) is 10.7 Å². The number of likely N-dealkylation sites (tertiary alicyclic amines) is 1. The van der Waals surface area contributed by atoms with Gasteiger partial charge in [0.25, 0.3) is 5.91 Å². The molecule has 22 heavy (non-hydrogen) atoms. The van der Waals surface area contributed by atoms with Crippen LogP contribution in [0, 0.1) is 15.9 Å². The molecular weight excluding hydrogens is 291 g/mol. The van der Waals surface area contributed by atoms with Crippen LogP contribution in [0.2, 0.25) is 0 Å². The molecule has 2 heterocycles. The highest BCUT2D eigenvalue weighted by atomic mass is 19.1. The number of hydrogen-bond acceptors (Lipinski definition) is 4. The quantitative estimate of drug-likeness (QED) is 0.644. The first kappa shape index (κ1) is 14.2. The summed E-state index contributed by atoms with van der Waals surface area (Å²) in [6.45, 7) is 0.537. The Bertz CT molecular complexity index is 711. The van der Waals surface area contributed by atoms with Crippen molar-refractivity contribution in [2.24, 2.45) is 0 Å². The van der Waals surface area contributed by atoms with Crippen LogP contribution >= 0.6 is 0 Å². The van der Waals surface area contributed by atoms with Gasteiger partial charge in [-0.25, -0.2) is 4.39 Å². The number of amides is 1. The average molecular weight is 304 g/mol. The van der Waals surface area contributed by atoms with Crippen LogP contribution in [0.15, 0.2) is 40.8 Å². The van der Waals surface area contributed by atoms with E-state index in [9.17, 15) is 19.3 Å². The van der Waals surface area contributed by atoms with Gasteiger partial charge in [0, 0.05) is 6.54 Å². The van der Waals surface area contributed by atoms with E-state index in [4.69, 9.17) is 4.42 Å². The molecule has 1 aliphatic rings. The van der Waals surface area contributed by atoms with Crippen molar-refractivity contribution >= 4 is 11.8 Å². The van der Waals surface area contributed by atoms with Crippen molar-refractivity contribution in [2.75, 3.05) is 6.54 Å². The molecule has 0 unspecified atom stereocenters. The zero-order valence-corrected chi connectivity index (χ0v) is 11.6. The molecule has 0 N–H and O–H groups in total. The van der Waals surface area contributed by atoms with Crippen LogP contribution in [0.1, 0.15) is 35.0 Å². The van der Waals surface area contributed by atoms with Crippen molar-refractivity contribution in [2.45, 2.75) is 18.9 Å². The van der Waals surface area contributed by atoms with Gasteiger partial charge in [0.05, 0.1) is 12.1 Å². The van der Waals surface area contributed by atoms with Crippen LogP contribution in [0.5, 0.6) is 0 Å². The molecule has 0 bridgehead atoms. The summed E-state index contributed by atoms with van der Waals surface area (Å²) in [6.07, 6.45) is 1.58. The number of halogens is 1. The molecular formula is C15H13FN2O4. The summed E-state index contributed by atoms with van der Waals surface area (Å²) in [5.74, 6) is -1.23. The normalized spacial score (nSPS) is 17.7. The molecule has 1 amide bonds. The summed E-state index contributed by atoms with van der Waals surface area (Å²) in [7, 11) is 0. The lowest BCUT2D eigenvalue weighted by molar-refractivity contribution is -0.402. The molecule has 7 heteroatoms. The van der Waals surface area contributed by atoms with E-state index < -0.39 is 10.8 Å². The SMILES string of the molecule is O=C(c1ccc([N+](=O)[O-])o1)N1CCC[C@H]1c1ccc(F)cc1. The van der Waals surface area contributed by atoms with Crippen molar-refractivity contribution in [1.29, 1.82) is 0 Å².